The Balaban J connectivity index is 1.57. The van der Waals surface area contributed by atoms with Gasteiger partial charge in [0, 0.05) is 5.02 Å². The maximum atomic E-state index is 14.3. The molecule has 8 nitrogen and oxygen atoms in total. The lowest BCUT2D eigenvalue weighted by Crippen LogP contribution is -2.40. The minimum absolute atomic E-state index is 0.0323. The van der Waals surface area contributed by atoms with Crippen LogP contribution in [-0.2, 0) is 20.2 Å². The average molecular weight is 494 g/mol. The molecule has 1 aliphatic heterocycles. The van der Waals surface area contributed by atoms with E-state index in [1.165, 1.54) is 18.2 Å². The van der Waals surface area contributed by atoms with E-state index in [1.54, 1.807) is 0 Å². The minimum Gasteiger partial charge on any atom is -0.394 e. The van der Waals surface area contributed by atoms with Crippen molar-refractivity contribution >= 4 is 44.8 Å². The molecule has 0 radical (unpaired) electrons. The summed E-state index contributed by atoms with van der Waals surface area (Å²) in [7, 11) is -4.35. The van der Waals surface area contributed by atoms with E-state index in [4.69, 9.17) is 11.6 Å². The average Bonchev–Trinajstić information content (AvgIpc) is 3.40. The fourth-order valence-electron chi connectivity index (χ4n) is 4.46. The minimum atomic E-state index is -4.35. The fourth-order valence-corrected chi connectivity index (χ4v) is 5.72. The molecule has 11 heteroatoms. The van der Waals surface area contributed by atoms with E-state index < -0.39 is 37.6 Å². The van der Waals surface area contributed by atoms with Gasteiger partial charge in [-0.1, -0.05) is 18.0 Å². The molecule has 2 saturated carbocycles. The summed E-state index contributed by atoms with van der Waals surface area (Å²) in [6.07, 6.45) is 3.23. The van der Waals surface area contributed by atoms with Gasteiger partial charge in [-0.2, -0.15) is 0 Å². The Labute approximate surface area is 194 Å². The summed E-state index contributed by atoms with van der Waals surface area (Å²) < 4.78 is 42.4. The number of amides is 2. The number of aliphatic hydroxyl groups is 1. The third-order valence-electron chi connectivity index (χ3n) is 6.75. The van der Waals surface area contributed by atoms with Crippen molar-refractivity contribution in [1.82, 2.24) is 5.32 Å². The highest BCUT2D eigenvalue weighted by Crippen LogP contribution is 2.53. The van der Waals surface area contributed by atoms with Crippen molar-refractivity contribution < 1.29 is 27.5 Å². The SMILES string of the molecule is O=C(NC1(CO)CC1)c1cc(NS(=O)(=O)c2ccc(Cl)cc2F)cc2c1NC(=O)C21CCC1. The van der Waals surface area contributed by atoms with Crippen LogP contribution >= 0.6 is 11.6 Å². The Morgan fingerprint density at radius 2 is 1.91 bits per heavy atom. The van der Waals surface area contributed by atoms with E-state index in [-0.39, 0.29) is 28.8 Å². The van der Waals surface area contributed by atoms with Crippen molar-refractivity contribution in [2.24, 2.45) is 0 Å². The Morgan fingerprint density at radius 3 is 2.48 bits per heavy atom. The molecule has 1 spiro atoms. The molecular formula is C22H21ClFN3O5S. The van der Waals surface area contributed by atoms with Gasteiger partial charge in [-0.05, 0) is 61.6 Å². The lowest BCUT2D eigenvalue weighted by molar-refractivity contribution is -0.123. The van der Waals surface area contributed by atoms with E-state index in [0.717, 1.165) is 18.6 Å². The summed E-state index contributed by atoms with van der Waals surface area (Å²) in [4.78, 5) is 25.3. The van der Waals surface area contributed by atoms with Crippen molar-refractivity contribution in [3.8, 4) is 0 Å². The molecule has 2 aliphatic carbocycles. The van der Waals surface area contributed by atoms with Gasteiger partial charge in [0.15, 0.2) is 0 Å². The molecule has 4 N–H and O–H groups in total. The Hall–Kier alpha value is -2.69. The highest BCUT2D eigenvalue weighted by atomic mass is 35.5. The van der Waals surface area contributed by atoms with Crippen LogP contribution in [0.4, 0.5) is 15.8 Å². The fraction of sp³-hybridized carbons (Fsp3) is 0.364. The van der Waals surface area contributed by atoms with E-state index in [1.807, 2.05) is 0 Å². The predicted molar refractivity (Wildman–Crippen MR) is 119 cm³/mol. The van der Waals surface area contributed by atoms with Gasteiger partial charge in [-0.15, -0.1) is 0 Å². The van der Waals surface area contributed by atoms with Crippen molar-refractivity contribution in [3.05, 3.63) is 52.3 Å². The number of carbonyl (C=O) groups excluding carboxylic acids is 2. The molecule has 2 aromatic carbocycles. The third kappa shape index (κ3) is 3.56. The van der Waals surface area contributed by atoms with E-state index in [2.05, 4.69) is 15.4 Å². The summed E-state index contributed by atoms with van der Waals surface area (Å²) in [5, 5.41) is 15.2. The molecule has 33 heavy (non-hydrogen) atoms. The van der Waals surface area contributed by atoms with Crippen LogP contribution < -0.4 is 15.4 Å². The number of hydrogen-bond acceptors (Lipinski definition) is 5. The second-order valence-electron chi connectivity index (χ2n) is 8.91. The first-order valence-corrected chi connectivity index (χ1v) is 12.4. The van der Waals surface area contributed by atoms with Crippen molar-refractivity contribution in [2.45, 2.75) is 48.0 Å². The van der Waals surface area contributed by atoms with Gasteiger partial charge in [0.05, 0.1) is 34.5 Å². The van der Waals surface area contributed by atoms with Gasteiger partial charge >= 0.3 is 0 Å². The maximum absolute atomic E-state index is 14.3. The van der Waals surface area contributed by atoms with Gasteiger partial charge < -0.3 is 15.7 Å². The van der Waals surface area contributed by atoms with Crippen molar-refractivity contribution in [2.75, 3.05) is 16.6 Å². The lowest BCUT2D eigenvalue weighted by Gasteiger charge is -2.36. The molecule has 174 valence electrons. The number of hydrogen-bond donors (Lipinski definition) is 4. The van der Waals surface area contributed by atoms with Gasteiger partial charge in [-0.25, -0.2) is 12.8 Å². The molecule has 1 heterocycles. The highest BCUT2D eigenvalue weighted by Gasteiger charge is 2.52. The van der Waals surface area contributed by atoms with Gasteiger partial charge in [0.1, 0.15) is 10.7 Å². The van der Waals surface area contributed by atoms with E-state index >= 15 is 0 Å². The highest BCUT2D eigenvalue weighted by molar-refractivity contribution is 7.92. The summed E-state index contributed by atoms with van der Waals surface area (Å²) in [6, 6.07) is 6.04. The molecule has 0 aromatic heterocycles. The first-order chi connectivity index (χ1) is 15.6. The predicted octanol–water partition coefficient (Wildman–Crippen LogP) is 2.91. The molecule has 0 unspecified atom stereocenters. The Morgan fingerprint density at radius 1 is 1.18 bits per heavy atom. The summed E-state index contributed by atoms with van der Waals surface area (Å²) >= 11 is 5.73. The summed E-state index contributed by atoms with van der Waals surface area (Å²) in [5.74, 6) is -1.78. The lowest BCUT2D eigenvalue weighted by atomic mass is 9.65. The zero-order valence-electron chi connectivity index (χ0n) is 17.4. The number of sulfonamides is 1. The molecule has 2 fully saturated rings. The summed E-state index contributed by atoms with van der Waals surface area (Å²) in [5.41, 5.74) is -0.529. The van der Waals surface area contributed by atoms with Crippen LogP contribution in [0, 0.1) is 5.82 Å². The third-order valence-corrected chi connectivity index (χ3v) is 8.40. The number of fused-ring (bicyclic) bond motifs is 2. The van der Waals surface area contributed by atoms with Crippen LogP contribution in [0.25, 0.3) is 0 Å². The smallest absolute Gasteiger partial charge is 0.264 e. The van der Waals surface area contributed by atoms with Crippen molar-refractivity contribution in [1.29, 1.82) is 0 Å². The van der Waals surface area contributed by atoms with Crippen LogP contribution in [0.15, 0.2) is 35.2 Å². The number of halogens is 2. The van der Waals surface area contributed by atoms with E-state index in [9.17, 15) is 27.5 Å². The van der Waals surface area contributed by atoms with Crippen molar-refractivity contribution in [3.63, 3.8) is 0 Å². The molecule has 5 rings (SSSR count). The molecule has 0 saturated heterocycles. The standard InChI is InChI=1S/C22H21ClFN3O5S/c23-12-2-3-17(16(24)8-12)33(31,32)27-13-9-14(19(29)26-21(11-28)6-7-21)18-15(10-13)22(4-1-5-22)20(30)25-18/h2-3,8-10,27-28H,1,4-7,11H2,(H,25,30)(H,26,29). The summed E-state index contributed by atoms with van der Waals surface area (Å²) in [6.45, 7) is -0.223. The first-order valence-electron chi connectivity index (χ1n) is 10.5. The quantitative estimate of drug-likeness (QED) is 0.492. The number of nitrogens with one attached hydrogen (secondary N) is 3. The number of benzene rings is 2. The number of carbonyl (C=O) groups is 2. The van der Waals surface area contributed by atoms with Crippen LogP contribution in [-0.4, -0.2) is 37.5 Å². The Kier molecular flexibility index (Phi) is 4.97. The van der Waals surface area contributed by atoms with E-state index in [0.29, 0.717) is 36.9 Å². The van der Waals surface area contributed by atoms with Gasteiger partial charge in [0.2, 0.25) is 5.91 Å². The van der Waals surface area contributed by atoms with Crippen LogP contribution in [0.3, 0.4) is 0 Å². The van der Waals surface area contributed by atoms with Crippen LogP contribution in [0.5, 0.6) is 0 Å². The largest absolute Gasteiger partial charge is 0.394 e. The van der Waals surface area contributed by atoms with Gasteiger partial charge in [0.25, 0.3) is 15.9 Å². The van der Waals surface area contributed by atoms with Gasteiger partial charge in [-0.3, -0.25) is 14.3 Å². The molecule has 2 aromatic rings. The number of anilines is 2. The molecule has 3 aliphatic rings. The first kappa shape index (κ1) is 22.1. The molecule has 0 bridgehead atoms. The molecule has 2 amide bonds. The number of aliphatic hydroxyl groups excluding tert-OH is 1. The zero-order chi connectivity index (χ0) is 23.6. The zero-order valence-corrected chi connectivity index (χ0v) is 18.9. The monoisotopic (exact) mass is 493 g/mol. The second kappa shape index (κ2) is 7.41. The van der Waals surface area contributed by atoms with Crippen LogP contribution in [0.2, 0.25) is 5.02 Å². The molecule has 0 atom stereocenters. The second-order valence-corrected chi connectivity index (χ2v) is 11.0. The topological polar surface area (TPSA) is 125 Å². The van der Waals surface area contributed by atoms with Crippen LogP contribution in [0.1, 0.15) is 48.0 Å². The number of rotatable bonds is 6. The maximum Gasteiger partial charge on any atom is 0.264 e. The normalized spacial score (nSPS) is 19.4. The Bertz CT molecular complexity index is 1310. The molecular weight excluding hydrogens is 473 g/mol.